The van der Waals surface area contributed by atoms with Crippen LogP contribution < -0.4 is 10.0 Å². The van der Waals surface area contributed by atoms with Crippen LogP contribution in [0.4, 0.5) is 4.39 Å². The minimum atomic E-state index is -3.62. The molecule has 0 fully saturated rings. The molecular weight excluding hydrogens is 291 g/mol. The lowest BCUT2D eigenvalue weighted by Gasteiger charge is -2.19. The Kier molecular flexibility index (Phi) is 5.90. The summed E-state index contributed by atoms with van der Waals surface area (Å²) >= 11 is 0. The second-order valence-electron chi connectivity index (χ2n) is 6.38. The van der Waals surface area contributed by atoms with E-state index in [-0.39, 0.29) is 16.1 Å². The predicted molar refractivity (Wildman–Crippen MR) is 83.2 cm³/mol. The van der Waals surface area contributed by atoms with Gasteiger partial charge in [-0.2, -0.15) is 0 Å². The molecule has 0 aliphatic carbocycles. The number of sulfonamides is 1. The van der Waals surface area contributed by atoms with E-state index >= 15 is 0 Å². The van der Waals surface area contributed by atoms with Crippen LogP contribution in [0, 0.1) is 18.2 Å². The molecule has 0 aliphatic heterocycles. The van der Waals surface area contributed by atoms with E-state index in [0.717, 1.165) is 0 Å². The molecule has 4 nitrogen and oxygen atoms in total. The van der Waals surface area contributed by atoms with E-state index in [4.69, 9.17) is 0 Å². The molecule has 0 heterocycles. The first-order valence-corrected chi connectivity index (χ1v) is 8.54. The van der Waals surface area contributed by atoms with Gasteiger partial charge < -0.3 is 5.32 Å². The lowest BCUT2D eigenvalue weighted by atomic mass is 9.98. The van der Waals surface area contributed by atoms with Gasteiger partial charge in [0.25, 0.3) is 0 Å². The topological polar surface area (TPSA) is 58.2 Å². The Hall–Kier alpha value is -0.980. The predicted octanol–water partition coefficient (Wildman–Crippen LogP) is 2.57. The van der Waals surface area contributed by atoms with E-state index < -0.39 is 10.0 Å². The number of aryl methyl sites for hydroxylation is 1. The molecule has 21 heavy (non-hydrogen) atoms. The molecule has 0 amide bonds. The van der Waals surface area contributed by atoms with Crippen LogP contribution in [0.15, 0.2) is 17.0 Å². The van der Waals surface area contributed by atoms with Crippen LogP contribution in [-0.2, 0) is 16.6 Å². The molecule has 0 atom stereocenters. The highest BCUT2D eigenvalue weighted by Gasteiger charge is 2.20. The summed E-state index contributed by atoms with van der Waals surface area (Å²) in [7, 11) is -3.62. The van der Waals surface area contributed by atoms with Gasteiger partial charge in [-0.25, -0.2) is 17.5 Å². The normalized spacial score (nSPS) is 12.7. The fourth-order valence-corrected chi connectivity index (χ4v) is 3.16. The van der Waals surface area contributed by atoms with E-state index in [1.54, 1.807) is 6.92 Å². The Balaban J connectivity index is 3.09. The SMILES string of the molecule is CCNCc1cc(S(=O)(=O)NCC(C)(C)C)cc(C)c1F. The van der Waals surface area contributed by atoms with Crippen molar-refractivity contribution in [2.75, 3.05) is 13.1 Å². The Morgan fingerprint density at radius 1 is 1.24 bits per heavy atom. The lowest BCUT2D eigenvalue weighted by molar-refractivity contribution is 0.407. The zero-order valence-corrected chi connectivity index (χ0v) is 14.2. The van der Waals surface area contributed by atoms with Crippen molar-refractivity contribution in [2.45, 2.75) is 46.1 Å². The van der Waals surface area contributed by atoms with E-state index in [9.17, 15) is 12.8 Å². The van der Waals surface area contributed by atoms with Gasteiger partial charge in [-0.3, -0.25) is 0 Å². The average Bonchev–Trinajstić information content (AvgIpc) is 2.37. The molecule has 1 rings (SSSR count). The van der Waals surface area contributed by atoms with Crippen molar-refractivity contribution in [3.8, 4) is 0 Å². The van der Waals surface area contributed by atoms with Gasteiger partial charge in [0.15, 0.2) is 0 Å². The molecule has 0 spiro atoms. The van der Waals surface area contributed by atoms with Gasteiger partial charge in [-0.1, -0.05) is 27.7 Å². The van der Waals surface area contributed by atoms with Gasteiger partial charge in [0.1, 0.15) is 5.82 Å². The van der Waals surface area contributed by atoms with Gasteiger partial charge in [0.2, 0.25) is 10.0 Å². The molecule has 6 heteroatoms. The largest absolute Gasteiger partial charge is 0.313 e. The summed E-state index contributed by atoms with van der Waals surface area (Å²) in [6.07, 6.45) is 0. The zero-order chi connectivity index (χ0) is 16.3. The van der Waals surface area contributed by atoms with Crippen molar-refractivity contribution in [2.24, 2.45) is 5.41 Å². The fourth-order valence-electron chi connectivity index (χ4n) is 1.75. The zero-order valence-electron chi connectivity index (χ0n) is 13.4. The quantitative estimate of drug-likeness (QED) is 0.848. The molecule has 120 valence electrons. The van der Waals surface area contributed by atoms with Crippen molar-refractivity contribution < 1.29 is 12.8 Å². The second-order valence-corrected chi connectivity index (χ2v) is 8.15. The number of benzene rings is 1. The molecule has 0 saturated heterocycles. The first kappa shape index (κ1) is 18.1. The molecule has 2 N–H and O–H groups in total. The molecule has 0 radical (unpaired) electrons. The van der Waals surface area contributed by atoms with E-state index in [1.165, 1.54) is 12.1 Å². The second kappa shape index (κ2) is 6.85. The van der Waals surface area contributed by atoms with Gasteiger partial charge >= 0.3 is 0 Å². The van der Waals surface area contributed by atoms with Crippen LogP contribution >= 0.6 is 0 Å². The summed E-state index contributed by atoms with van der Waals surface area (Å²) in [6.45, 7) is 10.7. The van der Waals surface area contributed by atoms with Crippen molar-refractivity contribution in [1.82, 2.24) is 10.0 Å². The Morgan fingerprint density at radius 2 is 1.86 bits per heavy atom. The standard InChI is InChI=1S/C15H25FN2O2S/c1-6-17-9-12-8-13(7-11(2)14(12)16)21(19,20)18-10-15(3,4)5/h7-8,17-18H,6,9-10H2,1-5H3. The average molecular weight is 316 g/mol. The highest BCUT2D eigenvalue weighted by molar-refractivity contribution is 7.89. The number of nitrogens with one attached hydrogen (secondary N) is 2. The summed E-state index contributed by atoms with van der Waals surface area (Å²) in [4.78, 5) is 0.110. The Labute approximate surface area is 127 Å². The van der Waals surface area contributed by atoms with Gasteiger partial charge in [0.05, 0.1) is 4.90 Å². The van der Waals surface area contributed by atoms with E-state index in [0.29, 0.717) is 30.8 Å². The molecule has 0 aromatic heterocycles. The Bertz CT molecular complexity index is 592. The lowest BCUT2D eigenvalue weighted by Crippen LogP contribution is -2.32. The summed E-state index contributed by atoms with van der Waals surface area (Å²) < 4.78 is 41.2. The highest BCUT2D eigenvalue weighted by Crippen LogP contribution is 2.20. The monoisotopic (exact) mass is 316 g/mol. The van der Waals surface area contributed by atoms with Crippen LogP contribution in [0.25, 0.3) is 0 Å². The summed E-state index contributed by atoms with van der Waals surface area (Å²) in [5, 5.41) is 3.01. The van der Waals surface area contributed by atoms with Crippen molar-refractivity contribution >= 4 is 10.0 Å². The smallest absolute Gasteiger partial charge is 0.240 e. The third-order valence-electron chi connectivity index (χ3n) is 2.97. The minimum Gasteiger partial charge on any atom is -0.313 e. The van der Waals surface area contributed by atoms with Crippen LogP contribution in [0.2, 0.25) is 0 Å². The number of hydrogen-bond donors (Lipinski definition) is 2. The molecule has 0 aliphatic rings. The molecular formula is C15H25FN2O2S. The number of halogens is 1. The van der Waals surface area contributed by atoms with Crippen LogP contribution in [0.3, 0.4) is 0 Å². The minimum absolute atomic E-state index is 0.110. The van der Waals surface area contributed by atoms with Crippen LogP contribution in [0.5, 0.6) is 0 Å². The van der Waals surface area contributed by atoms with Crippen molar-refractivity contribution in [1.29, 1.82) is 0 Å². The maximum atomic E-state index is 14.0. The maximum absolute atomic E-state index is 14.0. The van der Waals surface area contributed by atoms with Crippen LogP contribution in [0.1, 0.15) is 38.8 Å². The van der Waals surface area contributed by atoms with E-state index in [1.807, 2.05) is 27.7 Å². The molecule has 0 unspecified atom stereocenters. The summed E-state index contributed by atoms with van der Waals surface area (Å²) in [6, 6.07) is 2.77. The third kappa shape index (κ3) is 5.37. The van der Waals surface area contributed by atoms with Crippen LogP contribution in [-0.4, -0.2) is 21.5 Å². The fraction of sp³-hybridized carbons (Fsp3) is 0.600. The van der Waals surface area contributed by atoms with Crippen molar-refractivity contribution in [3.05, 3.63) is 29.1 Å². The Morgan fingerprint density at radius 3 is 2.38 bits per heavy atom. The first-order valence-electron chi connectivity index (χ1n) is 7.06. The summed E-state index contributed by atoms with van der Waals surface area (Å²) in [5.41, 5.74) is 0.545. The number of rotatable bonds is 6. The van der Waals surface area contributed by atoms with Gasteiger partial charge in [-0.05, 0) is 36.6 Å². The van der Waals surface area contributed by atoms with Crippen molar-refractivity contribution in [3.63, 3.8) is 0 Å². The molecule has 0 bridgehead atoms. The number of hydrogen-bond acceptors (Lipinski definition) is 3. The van der Waals surface area contributed by atoms with Gasteiger partial charge in [-0.15, -0.1) is 0 Å². The van der Waals surface area contributed by atoms with Gasteiger partial charge in [0, 0.05) is 18.7 Å². The maximum Gasteiger partial charge on any atom is 0.240 e. The summed E-state index contributed by atoms with van der Waals surface area (Å²) in [5.74, 6) is -0.356. The molecule has 0 saturated carbocycles. The van der Waals surface area contributed by atoms with E-state index in [2.05, 4.69) is 10.0 Å². The third-order valence-corrected chi connectivity index (χ3v) is 4.35. The first-order chi connectivity index (χ1) is 9.57. The molecule has 1 aromatic rings. The molecule has 1 aromatic carbocycles. The highest BCUT2D eigenvalue weighted by atomic mass is 32.2.